The molecule has 0 saturated carbocycles. The first kappa shape index (κ1) is 30.4. The van der Waals surface area contributed by atoms with Crippen molar-refractivity contribution in [3.63, 3.8) is 0 Å². The highest BCUT2D eigenvalue weighted by Crippen LogP contribution is 2.28. The Morgan fingerprint density at radius 3 is 2.03 bits per heavy atom. The monoisotopic (exact) mass is 593 g/mol. The number of halogens is 3. The second-order valence-electron chi connectivity index (χ2n) is 9.94. The molecule has 0 saturated heterocycles. The van der Waals surface area contributed by atoms with Crippen LogP contribution in [-0.2, 0) is 26.2 Å². The number of benzene rings is 3. The van der Waals surface area contributed by atoms with Crippen molar-refractivity contribution in [3.05, 3.63) is 94.2 Å². The van der Waals surface area contributed by atoms with Crippen LogP contribution in [0.5, 0.6) is 0 Å². The van der Waals surface area contributed by atoms with Gasteiger partial charge in [-0.1, -0.05) is 47.5 Å². The third kappa shape index (κ3) is 7.71. The van der Waals surface area contributed by atoms with Crippen LogP contribution in [0.4, 0.5) is 10.1 Å². The molecule has 7 nitrogen and oxygen atoms in total. The van der Waals surface area contributed by atoms with Gasteiger partial charge in [-0.2, -0.15) is 0 Å². The van der Waals surface area contributed by atoms with Crippen molar-refractivity contribution >= 4 is 50.7 Å². The molecule has 11 heteroatoms. The molecule has 3 aromatic rings. The van der Waals surface area contributed by atoms with Gasteiger partial charge in [-0.3, -0.25) is 13.9 Å². The predicted molar refractivity (Wildman–Crippen MR) is 152 cm³/mol. The number of hydrogen-bond donors (Lipinski definition) is 1. The highest BCUT2D eigenvalue weighted by Gasteiger charge is 2.34. The average Bonchev–Trinajstić information content (AvgIpc) is 2.86. The molecule has 0 aliphatic heterocycles. The number of hydrogen-bond acceptors (Lipinski definition) is 4. The van der Waals surface area contributed by atoms with Crippen LogP contribution in [0.15, 0.2) is 77.7 Å². The van der Waals surface area contributed by atoms with Gasteiger partial charge in [-0.15, -0.1) is 0 Å². The van der Waals surface area contributed by atoms with E-state index in [0.717, 1.165) is 16.4 Å². The zero-order valence-corrected chi connectivity index (χ0v) is 24.3. The lowest BCUT2D eigenvalue weighted by Gasteiger charge is -2.33. The van der Waals surface area contributed by atoms with Crippen LogP contribution in [0.3, 0.4) is 0 Å². The van der Waals surface area contributed by atoms with Crippen LogP contribution >= 0.6 is 23.2 Å². The van der Waals surface area contributed by atoms with E-state index in [2.05, 4.69) is 5.32 Å². The fourth-order valence-corrected chi connectivity index (χ4v) is 5.72. The van der Waals surface area contributed by atoms with E-state index < -0.39 is 45.8 Å². The molecule has 0 aliphatic rings. The van der Waals surface area contributed by atoms with Crippen LogP contribution in [0.25, 0.3) is 0 Å². The van der Waals surface area contributed by atoms with E-state index in [1.165, 1.54) is 36.1 Å². The number of nitrogens with one attached hydrogen (secondary N) is 1. The van der Waals surface area contributed by atoms with Gasteiger partial charge < -0.3 is 10.2 Å². The molecule has 0 radical (unpaired) electrons. The average molecular weight is 595 g/mol. The van der Waals surface area contributed by atoms with Crippen LogP contribution in [0, 0.1) is 5.82 Å². The third-order valence-corrected chi connectivity index (χ3v) is 8.28. The maximum Gasteiger partial charge on any atom is 0.264 e. The SMILES string of the molecule is C[C@@H](C(=O)NC(C)(C)C)N(Cc1c(Cl)cccc1Cl)C(=O)CN(c1ccc(F)cc1)S(=O)(=O)c1ccccc1. The summed E-state index contributed by atoms with van der Waals surface area (Å²) in [5, 5.41) is 3.42. The van der Waals surface area contributed by atoms with Gasteiger partial charge >= 0.3 is 0 Å². The fourth-order valence-electron chi connectivity index (χ4n) is 3.77. The molecule has 3 aromatic carbocycles. The second-order valence-corrected chi connectivity index (χ2v) is 12.6. The van der Waals surface area contributed by atoms with Crippen LogP contribution in [0.2, 0.25) is 10.0 Å². The third-order valence-electron chi connectivity index (χ3n) is 5.78. The lowest BCUT2D eigenvalue weighted by Crippen LogP contribution is -2.54. The smallest absolute Gasteiger partial charge is 0.264 e. The summed E-state index contributed by atoms with van der Waals surface area (Å²) in [6, 6.07) is 16.2. The van der Waals surface area contributed by atoms with E-state index in [1.54, 1.807) is 57.2 Å². The molecule has 0 fully saturated rings. The van der Waals surface area contributed by atoms with Crippen molar-refractivity contribution in [2.24, 2.45) is 0 Å². The van der Waals surface area contributed by atoms with E-state index in [1.807, 2.05) is 0 Å². The maximum atomic E-state index is 13.9. The zero-order valence-electron chi connectivity index (χ0n) is 22.0. The molecule has 1 atom stereocenters. The summed E-state index contributed by atoms with van der Waals surface area (Å²) in [5.41, 5.74) is -0.0984. The van der Waals surface area contributed by atoms with Gasteiger partial charge in [0.15, 0.2) is 0 Å². The van der Waals surface area contributed by atoms with Gasteiger partial charge in [-0.05, 0) is 76.2 Å². The quantitative estimate of drug-likeness (QED) is 0.347. The van der Waals surface area contributed by atoms with Gasteiger partial charge in [0.1, 0.15) is 18.4 Å². The Bertz CT molecular complexity index is 1410. The number of sulfonamides is 1. The normalized spacial score (nSPS) is 12.5. The molecule has 39 heavy (non-hydrogen) atoms. The number of rotatable bonds is 9. The van der Waals surface area contributed by atoms with Crippen LogP contribution in [-0.4, -0.2) is 43.3 Å². The van der Waals surface area contributed by atoms with Crippen molar-refractivity contribution in [2.45, 2.75) is 50.7 Å². The molecule has 208 valence electrons. The van der Waals surface area contributed by atoms with Crippen LogP contribution < -0.4 is 9.62 Å². The fraction of sp³-hybridized carbons (Fsp3) is 0.286. The Morgan fingerprint density at radius 1 is 0.923 bits per heavy atom. The molecule has 3 rings (SSSR count). The van der Waals surface area contributed by atoms with Gasteiger partial charge in [0, 0.05) is 27.7 Å². The molecule has 2 amide bonds. The van der Waals surface area contributed by atoms with E-state index in [4.69, 9.17) is 23.2 Å². The van der Waals surface area contributed by atoms with E-state index in [9.17, 15) is 22.4 Å². The largest absolute Gasteiger partial charge is 0.350 e. The van der Waals surface area contributed by atoms with Crippen molar-refractivity contribution in [1.29, 1.82) is 0 Å². The summed E-state index contributed by atoms with van der Waals surface area (Å²) in [6.45, 7) is 6.13. The Labute approximate surface area is 238 Å². The zero-order chi connectivity index (χ0) is 29.0. The molecule has 0 spiro atoms. The highest BCUT2D eigenvalue weighted by atomic mass is 35.5. The summed E-state index contributed by atoms with van der Waals surface area (Å²) in [6.07, 6.45) is 0. The molecule has 0 unspecified atom stereocenters. The first-order chi connectivity index (χ1) is 18.2. The van der Waals surface area contributed by atoms with Crippen molar-refractivity contribution < 1.29 is 22.4 Å². The van der Waals surface area contributed by atoms with Gasteiger partial charge in [0.2, 0.25) is 11.8 Å². The Kier molecular flexibility index (Phi) is 9.64. The first-order valence-corrected chi connectivity index (χ1v) is 14.3. The molecular weight excluding hydrogens is 564 g/mol. The van der Waals surface area contributed by atoms with E-state index >= 15 is 0 Å². The summed E-state index contributed by atoms with van der Waals surface area (Å²) in [4.78, 5) is 28.2. The maximum absolute atomic E-state index is 13.9. The molecule has 1 N–H and O–H groups in total. The number of anilines is 1. The minimum atomic E-state index is -4.25. The summed E-state index contributed by atoms with van der Waals surface area (Å²) in [5.74, 6) is -1.70. The van der Waals surface area contributed by atoms with Crippen molar-refractivity contribution in [2.75, 3.05) is 10.8 Å². The molecule has 0 aromatic heterocycles. The van der Waals surface area contributed by atoms with E-state index in [0.29, 0.717) is 5.56 Å². The predicted octanol–water partition coefficient (Wildman–Crippen LogP) is 5.66. The highest BCUT2D eigenvalue weighted by molar-refractivity contribution is 7.92. The topological polar surface area (TPSA) is 86.8 Å². The standard InChI is InChI=1S/C28H30Cl2FN3O4S/c1-19(27(36)32-28(2,3)4)33(17-23-24(29)11-8-12-25(23)30)26(35)18-34(21-15-13-20(31)14-16-21)39(37,38)22-9-6-5-7-10-22/h5-16,19H,17-18H2,1-4H3,(H,32,36)/t19-/m0/s1. The van der Waals surface area contributed by atoms with Crippen molar-refractivity contribution in [3.8, 4) is 0 Å². The first-order valence-electron chi connectivity index (χ1n) is 12.1. The summed E-state index contributed by atoms with van der Waals surface area (Å²) >= 11 is 12.7. The van der Waals surface area contributed by atoms with Crippen molar-refractivity contribution in [1.82, 2.24) is 10.2 Å². The molecule has 0 aliphatic carbocycles. The van der Waals surface area contributed by atoms with Gasteiger partial charge in [0.25, 0.3) is 10.0 Å². The summed E-state index contributed by atoms with van der Waals surface area (Å²) < 4.78 is 41.9. The van der Waals surface area contributed by atoms with Gasteiger partial charge in [0.05, 0.1) is 10.6 Å². The van der Waals surface area contributed by atoms with Gasteiger partial charge in [-0.25, -0.2) is 12.8 Å². The molecule has 0 heterocycles. The second kappa shape index (κ2) is 12.4. The Hall–Kier alpha value is -3.14. The number of carbonyl (C=O) groups is 2. The minimum absolute atomic E-state index is 0.0543. The molecule has 0 bridgehead atoms. The lowest BCUT2D eigenvalue weighted by atomic mass is 10.1. The number of amides is 2. The van der Waals surface area contributed by atoms with E-state index in [-0.39, 0.29) is 27.2 Å². The van der Waals surface area contributed by atoms with Crippen LogP contribution in [0.1, 0.15) is 33.3 Å². The Balaban J connectivity index is 2.06. The summed E-state index contributed by atoms with van der Waals surface area (Å²) in [7, 11) is -4.25. The molecular formula is C28H30Cl2FN3O4S. The number of nitrogens with zero attached hydrogens (tertiary/aromatic N) is 2. The Morgan fingerprint density at radius 2 is 1.49 bits per heavy atom. The lowest BCUT2D eigenvalue weighted by molar-refractivity contribution is -0.140. The minimum Gasteiger partial charge on any atom is -0.350 e. The number of carbonyl (C=O) groups excluding carboxylic acids is 2.